The first-order valence-corrected chi connectivity index (χ1v) is 12.5. The molecule has 1 heterocycles. The quantitative estimate of drug-likeness (QED) is 0.301. The molecule has 0 radical (unpaired) electrons. The highest BCUT2D eigenvalue weighted by Crippen LogP contribution is 2.39. The largest absolute Gasteiger partial charge is 0.271 e. The number of amidine groups is 1. The lowest BCUT2D eigenvalue weighted by Crippen LogP contribution is -2.29. The van der Waals surface area contributed by atoms with Crippen molar-refractivity contribution >= 4 is 52.0 Å². The van der Waals surface area contributed by atoms with Crippen LogP contribution in [0.25, 0.3) is 6.08 Å². The Hall–Kier alpha value is -2.76. The van der Waals surface area contributed by atoms with E-state index in [1.165, 1.54) is 16.7 Å². The summed E-state index contributed by atoms with van der Waals surface area (Å²) in [5.74, 6) is -0.0401. The highest BCUT2D eigenvalue weighted by atomic mass is 32.2. The molecule has 3 nitrogen and oxygen atoms in total. The molecule has 1 aliphatic heterocycles. The molecule has 0 atom stereocenters. The van der Waals surface area contributed by atoms with Gasteiger partial charge in [0.2, 0.25) is 0 Å². The second kappa shape index (κ2) is 9.39. The third kappa shape index (κ3) is 4.69. The van der Waals surface area contributed by atoms with E-state index >= 15 is 0 Å². The Balaban J connectivity index is 1.82. The maximum Gasteiger partial charge on any atom is 0.271 e. The number of hydrogen-bond acceptors (Lipinski definition) is 4. The third-order valence-corrected chi connectivity index (χ3v) is 7.12. The predicted molar refractivity (Wildman–Crippen MR) is 140 cm³/mol. The van der Waals surface area contributed by atoms with E-state index in [2.05, 4.69) is 73.8 Å². The Bertz CT molecular complexity index is 1240. The van der Waals surface area contributed by atoms with Gasteiger partial charge in [0.15, 0.2) is 5.17 Å². The average molecular weight is 459 g/mol. The van der Waals surface area contributed by atoms with Crippen molar-refractivity contribution in [2.45, 2.75) is 32.6 Å². The Morgan fingerprint density at radius 2 is 1.53 bits per heavy atom. The summed E-state index contributed by atoms with van der Waals surface area (Å²) in [4.78, 5) is 22.2. The molecular formula is C27H26N2OS2. The van der Waals surface area contributed by atoms with Crippen LogP contribution < -0.4 is 4.90 Å². The van der Waals surface area contributed by atoms with E-state index in [9.17, 15) is 4.79 Å². The number of hydrogen-bond donors (Lipinski definition) is 0. The molecule has 5 heteroatoms. The Morgan fingerprint density at radius 3 is 2.22 bits per heavy atom. The number of benzene rings is 3. The summed E-state index contributed by atoms with van der Waals surface area (Å²) < 4.78 is 0. The molecule has 0 spiro atoms. The molecule has 1 fully saturated rings. The number of aliphatic imine (C=N–C) groups is 1. The van der Waals surface area contributed by atoms with Gasteiger partial charge in [0.1, 0.15) is 0 Å². The van der Waals surface area contributed by atoms with Gasteiger partial charge in [-0.3, -0.25) is 9.69 Å². The minimum Gasteiger partial charge on any atom is -0.268 e. The summed E-state index contributed by atoms with van der Waals surface area (Å²) >= 11 is 3.14. The van der Waals surface area contributed by atoms with E-state index in [0.29, 0.717) is 10.1 Å². The van der Waals surface area contributed by atoms with Gasteiger partial charge in [-0.2, -0.15) is 0 Å². The molecule has 0 aliphatic carbocycles. The van der Waals surface area contributed by atoms with Crippen molar-refractivity contribution in [1.29, 1.82) is 0 Å². The first-order valence-electron chi connectivity index (χ1n) is 10.5. The van der Waals surface area contributed by atoms with Crippen LogP contribution in [-0.4, -0.2) is 17.3 Å². The Labute approximate surface area is 198 Å². The molecule has 3 aromatic carbocycles. The van der Waals surface area contributed by atoms with Crippen molar-refractivity contribution < 1.29 is 4.79 Å². The Kier molecular flexibility index (Phi) is 6.58. The van der Waals surface area contributed by atoms with Crippen LogP contribution in [0.3, 0.4) is 0 Å². The lowest BCUT2D eigenvalue weighted by molar-refractivity contribution is -0.113. The van der Waals surface area contributed by atoms with Crippen LogP contribution in [0.15, 0.2) is 75.5 Å². The molecule has 1 saturated heterocycles. The molecule has 3 aromatic rings. The molecule has 0 unspecified atom stereocenters. The van der Waals surface area contributed by atoms with E-state index in [-0.39, 0.29) is 5.91 Å². The van der Waals surface area contributed by atoms with Crippen molar-refractivity contribution in [2.24, 2.45) is 4.99 Å². The number of carbonyl (C=O) groups is 1. The number of aryl methyl sites for hydroxylation is 4. The number of thioether (sulfide) groups is 2. The lowest BCUT2D eigenvalue weighted by atomic mass is 10.1. The van der Waals surface area contributed by atoms with Gasteiger partial charge in [-0.25, -0.2) is 4.99 Å². The van der Waals surface area contributed by atoms with Crippen LogP contribution in [0, 0.1) is 27.7 Å². The highest BCUT2D eigenvalue weighted by molar-refractivity contribution is 8.19. The number of nitrogens with zero attached hydrogens (tertiary/aromatic N) is 2. The van der Waals surface area contributed by atoms with Crippen LogP contribution >= 0.6 is 23.5 Å². The van der Waals surface area contributed by atoms with Gasteiger partial charge in [-0.1, -0.05) is 36.4 Å². The zero-order chi connectivity index (χ0) is 22.8. The fourth-order valence-corrected chi connectivity index (χ4v) is 4.91. The van der Waals surface area contributed by atoms with Crippen LogP contribution in [0.5, 0.6) is 0 Å². The number of amides is 1. The van der Waals surface area contributed by atoms with E-state index < -0.39 is 0 Å². The molecule has 32 heavy (non-hydrogen) atoms. The smallest absolute Gasteiger partial charge is 0.268 e. The molecule has 0 bridgehead atoms. The summed E-state index contributed by atoms with van der Waals surface area (Å²) in [6, 6.07) is 20.7. The van der Waals surface area contributed by atoms with Gasteiger partial charge in [0.25, 0.3) is 5.91 Å². The summed E-state index contributed by atoms with van der Waals surface area (Å²) in [7, 11) is 0. The van der Waals surface area contributed by atoms with Gasteiger partial charge < -0.3 is 0 Å². The molecule has 0 saturated carbocycles. The number of rotatable bonds is 4. The van der Waals surface area contributed by atoms with Crippen molar-refractivity contribution in [3.8, 4) is 0 Å². The summed E-state index contributed by atoms with van der Waals surface area (Å²) in [5.41, 5.74) is 7.17. The fourth-order valence-electron chi connectivity index (χ4n) is 3.52. The first-order chi connectivity index (χ1) is 15.4. The second-order valence-corrected chi connectivity index (χ2v) is 9.89. The number of anilines is 1. The van der Waals surface area contributed by atoms with Gasteiger partial charge in [-0.05, 0) is 104 Å². The normalized spacial score (nSPS) is 16.4. The van der Waals surface area contributed by atoms with Crippen LogP contribution in [0.1, 0.15) is 27.8 Å². The van der Waals surface area contributed by atoms with Gasteiger partial charge in [0, 0.05) is 4.90 Å². The minimum atomic E-state index is -0.0401. The van der Waals surface area contributed by atoms with E-state index in [4.69, 9.17) is 4.99 Å². The van der Waals surface area contributed by atoms with Crippen LogP contribution in [0.4, 0.5) is 11.4 Å². The maximum atomic E-state index is 13.6. The molecule has 1 amide bonds. The maximum absolute atomic E-state index is 13.6. The van der Waals surface area contributed by atoms with Crippen LogP contribution in [-0.2, 0) is 4.79 Å². The summed E-state index contributed by atoms with van der Waals surface area (Å²) in [6.07, 6.45) is 4.02. The molecule has 1 aliphatic rings. The highest BCUT2D eigenvalue weighted by Gasteiger charge is 2.35. The van der Waals surface area contributed by atoms with Crippen molar-refractivity contribution in [2.75, 3.05) is 11.2 Å². The molecule has 0 N–H and O–H groups in total. The van der Waals surface area contributed by atoms with Crippen molar-refractivity contribution in [3.05, 3.63) is 93.4 Å². The summed E-state index contributed by atoms with van der Waals surface area (Å²) in [5, 5.41) is 0.685. The fraction of sp³-hybridized carbons (Fsp3) is 0.185. The minimum absolute atomic E-state index is 0.0401. The topological polar surface area (TPSA) is 32.7 Å². The molecule has 162 valence electrons. The predicted octanol–water partition coefficient (Wildman–Crippen LogP) is 7.45. The number of carbonyl (C=O) groups excluding carboxylic acids is 1. The standard InChI is InChI=1S/C27H26N2OS2/c1-17-6-8-19(3)23(14-17)28-27-29(24-15-18(2)7-9-20(24)4)26(30)25(32-27)16-21-10-12-22(31-5)13-11-21/h6-16H,1-5H3/b25-16-,28-27?. The zero-order valence-electron chi connectivity index (χ0n) is 19.0. The van der Waals surface area contributed by atoms with E-state index in [1.54, 1.807) is 16.7 Å². The average Bonchev–Trinajstić information content (AvgIpc) is 3.07. The lowest BCUT2D eigenvalue weighted by Gasteiger charge is -2.19. The van der Waals surface area contributed by atoms with E-state index in [1.807, 2.05) is 26.8 Å². The first kappa shape index (κ1) is 22.4. The zero-order valence-corrected chi connectivity index (χ0v) is 20.6. The van der Waals surface area contributed by atoms with Crippen LogP contribution in [0.2, 0.25) is 0 Å². The molecular weight excluding hydrogens is 432 g/mol. The second-order valence-electron chi connectivity index (χ2n) is 8.00. The summed E-state index contributed by atoms with van der Waals surface area (Å²) in [6.45, 7) is 8.18. The third-order valence-electron chi connectivity index (χ3n) is 5.41. The van der Waals surface area contributed by atoms with Gasteiger partial charge >= 0.3 is 0 Å². The Morgan fingerprint density at radius 1 is 0.875 bits per heavy atom. The van der Waals surface area contributed by atoms with E-state index in [0.717, 1.165) is 39.2 Å². The SMILES string of the molecule is CSc1ccc(/C=C2\SC(=Nc3cc(C)ccc3C)N(c3cc(C)ccc3C)C2=O)cc1. The monoisotopic (exact) mass is 458 g/mol. The van der Waals surface area contributed by atoms with Crippen molar-refractivity contribution in [1.82, 2.24) is 0 Å². The van der Waals surface area contributed by atoms with Gasteiger partial charge in [0.05, 0.1) is 16.3 Å². The molecule has 0 aromatic heterocycles. The van der Waals surface area contributed by atoms with Crippen molar-refractivity contribution in [3.63, 3.8) is 0 Å². The van der Waals surface area contributed by atoms with Gasteiger partial charge in [-0.15, -0.1) is 11.8 Å². The molecule has 4 rings (SSSR count).